The Labute approximate surface area is 173 Å². The van der Waals surface area contributed by atoms with Gasteiger partial charge in [0, 0.05) is 25.3 Å². The molecule has 3 rings (SSSR count). The van der Waals surface area contributed by atoms with Crippen LogP contribution in [0.4, 0.5) is 11.4 Å². The SMILES string of the molecule is COc1ccc(C)cc1NC(=O)[C@@H](C)N(C)Cc1ccccc1N1CCOCC1. The Bertz CT molecular complexity index is 834. The lowest BCUT2D eigenvalue weighted by atomic mass is 10.1. The molecule has 6 heteroatoms. The number of benzene rings is 2. The Morgan fingerprint density at radius 1 is 1.24 bits per heavy atom. The molecule has 6 nitrogen and oxygen atoms in total. The Hall–Kier alpha value is -2.57. The number of aryl methyl sites for hydroxylation is 1. The Kier molecular flexibility index (Phi) is 7.12. The van der Waals surface area contributed by atoms with Crippen molar-refractivity contribution < 1.29 is 14.3 Å². The number of methoxy groups -OCH3 is 1. The summed E-state index contributed by atoms with van der Waals surface area (Å²) in [5.74, 6) is 0.608. The molecule has 0 unspecified atom stereocenters. The van der Waals surface area contributed by atoms with Crippen molar-refractivity contribution >= 4 is 17.3 Å². The van der Waals surface area contributed by atoms with Gasteiger partial charge in [0.25, 0.3) is 0 Å². The number of carbonyl (C=O) groups excluding carboxylic acids is 1. The smallest absolute Gasteiger partial charge is 0.241 e. The summed E-state index contributed by atoms with van der Waals surface area (Å²) in [7, 11) is 3.59. The fraction of sp³-hybridized carbons (Fsp3) is 0.435. The topological polar surface area (TPSA) is 54.0 Å². The number of anilines is 2. The van der Waals surface area contributed by atoms with Crippen LogP contribution >= 0.6 is 0 Å². The number of likely N-dealkylation sites (N-methyl/N-ethyl adjacent to an activating group) is 1. The van der Waals surface area contributed by atoms with Crippen molar-refractivity contribution in [2.45, 2.75) is 26.4 Å². The number of para-hydroxylation sites is 1. The third kappa shape index (κ3) is 5.28. The first kappa shape index (κ1) is 21.1. The lowest BCUT2D eigenvalue weighted by molar-refractivity contribution is -0.120. The predicted molar refractivity (Wildman–Crippen MR) is 117 cm³/mol. The van der Waals surface area contributed by atoms with E-state index >= 15 is 0 Å². The molecule has 0 spiro atoms. The van der Waals surface area contributed by atoms with Gasteiger partial charge in [-0.25, -0.2) is 0 Å². The van der Waals surface area contributed by atoms with Gasteiger partial charge in [0.2, 0.25) is 5.91 Å². The normalized spacial score (nSPS) is 15.3. The Morgan fingerprint density at radius 2 is 1.97 bits per heavy atom. The van der Waals surface area contributed by atoms with Crippen LogP contribution < -0.4 is 15.0 Å². The zero-order valence-electron chi connectivity index (χ0n) is 17.8. The highest BCUT2D eigenvalue weighted by Gasteiger charge is 2.22. The summed E-state index contributed by atoms with van der Waals surface area (Å²) in [6.45, 7) is 7.89. The summed E-state index contributed by atoms with van der Waals surface area (Å²) in [5.41, 5.74) is 4.20. The molecule has 1 aliphatic heterocycles. The molecule has 1 amide bonds. The van der Waals surface area contributed by atoms with Crippen molar-refractivity contribution in [2.75, 3.05) is 50.7 Å². The first-order valence-electron chi connectivity index (χ1n) is 10.1. The summed E-state index contributed by atoms with van der Waals surface area (Å²) >= 11 is 0. The molecular weight excluding hydrogens is 366 g/mol. The highest BCUT2D eigenvalue weighted by atomic mass is 16.5. The molecule has 29 heavy (non-hydrogen) atoms. The van der Waals surface area contributed by atoms with E-state index in [4.69, 9.17) is 9.47 Å². The van der Waals surface area contributed by atoms with Crippen LogP contribution in [0.3, 0.4) is 0 Å². The average Bonchev–Trinajstić information content (AvgIpc) is 2.74. The molecule has 0 aromatic heterocycles. The number of hydrogen-bond acceptors (Lipinski definition) is 5. The number of rotatable bonds is 7. The Morgan fingerprint density at radius 3 is 2.69 bits per heavy atom. The van der Waals surface area contributed by atoms with Gasteiger partial charge in [-0.1, -0.05) is 24.3 Å². The number of nitrogens with zero attached hydrogens (tertiary/aromatic N) is 2. The quantitative estimate of drug-likeness (QED) is 0.777. The predicted octanol–water partition coefficient (Wildman–Crippen LogP) is 3.30. The van der Waals surface area contributed by atoms with Crippen molar-refractivity contribution in [3.05, 3.63) is 53.6 Å². The van der Waals surface area contributed by atoms with Gasteiger partial charge in [-0.15, -0.1) is 0 Å². The minimum atomic E-state index is -0.294. The highest BCUT2D eigenvalue weighted by Crippen LogP contribution is 2.26. The van der Waals surface area contributed by atoms with E-state index < -0.39 is 0 Å². The van der Waals surface area contributed by atoms with Gasteiger partial charge in [0.15, 0.2) is 0 Å². The largest absolute Gasteiger partial charge is 0.495 e. The zero-order chi connectivity index (χ0) is 20.8. The van der Waals surface area contributed by atoms with Crippen LogP contribution in [0, 0.1) is 6.92 Å². The summed E-state index contributed by atoms with van der Waals surface area (Å²) in [6.07, 6.45) is 0. The van der Waals surface area contributed by atoms with Gasteiger partial charge in [-0.05, 0) is 50.2 Å². The van der Waals surface area contributed by atoms with Crippen LogP contribution in [0.5, 0.6) is 5.75 Å². The maximum Gasteiger partial charge on any atom is 0.241 e. The standard InChI is InChI=1S/C23H31N3O3/c1-17-9-10-22(28-4)20(15-17)24-23(27)18(2)25(3)16-19-7-5-6-8-21(19)26-11-13-29-14-12-26/h5-10,15,18H,11-14,16H2,1-4H3,(H,24,27)/t18-/m1/s1. The number of morpholine rings is 1. The van der Waals surface area contributed by atoms with E-state index in [9.17, 15) is 4.79 Å². The molecule has 1 aliphatic rings. The van der Waals surface area contributed by atoms with Crippen LogP contribution in [-0.4, -0.2) is 57.3 Å². The molecule has 0 aliphatic carbocycles. The van der Waals surface area contributed by atoms with Crippen molar-refractivity contribution in [2.24, 2.45) is 0 Å². The fourth-order valence-corrected chi connectivity index (χ4v) is 3.52. The monoisotopic (exact) mass is 397 g/mol. The van der Waals surface area contributed by atoms with Crippen molar-refractivity contribution in [3.8, 4) is 5.75 Å². The first-order valence-corrected chi connectivity index (χ1v) is 10.1. The van der Waals surface area contributed by atoms with Gasteiger partial charge >= 0.3 is 0 Å². The molecule has 156 valence electrons. The average molecular weight is 398 g/mol. The van der Waals surface area contributed by atoms with Crippen LogP contribution in [0.1, 0.15) is 18.1 Å². The molecule has 1 heterocycles. The van der Waals surface area contributed by atoms with Gasteiger partial charge in [0.1, 0.15) is 5.75 Å². The van der Waals surface area contributed by atoms with E-state index in [0.29, 0.717) is 18.0 Å². The van der Waals surface area contributed by atoms with Crippen LogP contribution in [0.2, 0.25) is 0 Å². The maximum absolute atomic E-state index is 12.9. The summed E-state index contributed by atoms with van der Waals surface area (Å²) in [6, 6.07) is 13.9. The summed E-state index contributed by atoms with van der Waals surface area (Å²) in [5, 5.41) is 3.01. The Balaban J connectivity index is 1.69. The second-order valence-electron chi connectivity index (χ2n) is 7.51. The molecule has 1 fully saturated rings. The van der Waals surface area contributed by atoms with E-state index in [2.05, 4.69) is 39.4 Å². The van der Waals surface area contributed by atoms with E-state index in [1.165, 1.54) is 11.3 Å². The molecule has 0 saturated carbocycles. The molecule has 1 saturated heterocycles. The molecule has 0 radical (unpaired) electrons. The van der Waals surface area contributed by atoms with Crippen LogP contribution in [0.15, 0.2) is 42.5 Å². The number of nitrogens with one attached hydrogen (secondary N) is 1. The number of hydrogen-bond donors (Lipinski definition) is 1. The van der Waals surface area contributed by atoms with E-state index in [0.717, 1.165) is 31.9 Å². The summed E-state index contributed by atoms with van der Waals surface area (Å²) < 4.78 is 10.9. The molecule has 0 bridgehead atoms. The highest BCUT2D eigenvalue weighted by molar-refractivity contribution is 5.95. The summed E-state index contributed by atoms with van der Waals surface area (Å²) in [4.78, 5) is 17.3. The number of carbonyl (C=O) groups is 1. The van der Waals surface area contributed by atoms with Crippen LogP contribution in [0.25, 0.3) is 0 Å². The van der Waals surface area contributed by atoms with Crippen molar-refractivity contribution in [1.29, 1.82) is 0 Å². The second-order valence-corrected chi connectivity index (χ2v) is 7.51. The minimum Gasteiger partial charge on any atom is -0.495 e. The third-order valence-corrected chi connectivity index (χ3v) is 5.42. The lowest BCUT2D eigenvalue weighted by Crippen LogP contribution is -2.40. The van der Waals surface area contributed by atoms with Gasteiger partial charge in [-0.2, -0.15) is 0 Å². The van der Waals surface area contributed by atoms with Gasteiger partial charge < -0.3 is 19.7 Å². The fourth-order valence-electron chi connectivity index (χ4n) is 3.52. The number of amides is 1. The second kappa shape index (κ2) is 9.76. The van der Waals surface area contributed by atoms with Crippen molar-refractivity contribution in [1.82, 2.24) is 4.90 Å². The van der Waals surface area contributed by atoms with Crippen LogP contribution in [-0.2, 0) is 16.1 Å². The molecular formula is C23H31N3O3. The van der Waals surface area contributed by atoms with E-state index in [1.807, 2.05) is 39.1 Å². The molecule has 1 atom stereocenters. The van der Waals surface area contributed by atoms with E-state index in [1.54, 1.807) is 7.11 Å². The van der Waals surface area contributed by atoms with Crippen molar-refractivity contribution in [3.63, 3.8) is 0 Å². The number of ether oxygens (including phenoxy) is 2. The minimum absolute atomic E-state index is 0.0553. The third-order valence-electron chi connectivity index (χ3n) is 5.42. The molecule has 1 N–H and O–H groups in total. The maximum atomic E-state index is 12.9. The van der Waals surface area contributed by atoms with Gasteiger partial charge in [0.05, 0.1) is 32.1 Å². The van der Waals surface area contributed by atoms with E-state index in [-0.39, 0.29) is 11.9 Å². The van der Waals surface area contributed by atoms with Gasteiger partial charge in [-0.3, -0.25) is 9.69 Å². The lowest BCUT2D eigenvalue weighted by Gasteiger charge is -2.32. The molecule has 2 aromatic rings. The molecule has 2 aromatic carbocycles. The zero-order valence-corrected chi connectivity index (χ0v) is 17.8. The first-order chi connectivity index (χ1) is 14.0.